The Morgan fingerprint density at radius 1 is 1.10 bits per heavy atom. The Morgan fingerprint density at radius 2 is 1.87 bits per heavy atom. The fourth-order valence-corrected chi connectivity index (χ4v) is 4.28. The Hall–Kier alpha value is -2.95. The minimum Gasteiger partial charge on any atom is -0.493 e. The Balaban J connectivity index is 1.57. The third kappa shape index (κ3) is 4.41. The molecule has 0 bridgehead atoms. The first-order chi connectivity index (χ1) is 15.0. The van der Waals surface area contributed by atoms with Crippen molar-refractivity contribution in [3.8, 4) is 22.8 Å². The van der Waals surface area contributed by atoms with Gasteiger partial charge in [0.1, 0.15) is 0 Å². The van der Waals surface area contributed by atoms with Gasteiger partial charge in [-0.3, -0.25) is 4.79 Å². The molecule has 1 aliphatic rings. The zero-order valence-electron chi connectivity index (χ0n) is 18.9. The van der Waals surface area contributed by atoms with E-state index in [0.717, 1.165) is 41.5 Å². The second-order valence-corrected chi connectivity index (χ2v) is 8.83. The van der Waals surface area contributed by atoms with E-state index in [1.165, 1.54) is 24.8 Å². The number of aromatic nitrogens is 1. The molecule has 0 radical (unpaired) electrons. The van der Waals surface area contributed by atoms with Crippen LogP contribution in [0.1, 0.15) is 55.5 Å². The molecular weight excluding hydrogens is 388 g/mol. The van der Waals surface area contributed by atoms with Crippen LogP contribution in [0.15, 0.2) is 36.4 Å². The monoisotopic (exact) mass is 420 g/mol. The molecule has 2 N–H and O–H groups in total. The van der Waals surface area contributed by atoms with Crippen LogP contribution in [0.5, 0.6) is 11.5 Å². The Kier molecular flexibility index (Phi) is 5.94. The molecule has 1 aromatic heterocycles. The highest BCUT2D eigenvalue weighted by Crippen LogP contribution is 2.48. The molecule has 1 amide bonds. The lowest BCUT2D eigenvalue weighted by Gasteiger charge is -2.10. The number of H-pyrrole nitrogens is 1. The van der Waals surface area contributed by atoms with Crippen molar-refractivity contribution in [2.75, 3.05) is 20.8 Å². The van der Waals surface area contributed by atoms with E-state index in [0.29, 0.717) is 22.5 Å². The van der Waals surface area contributed by atoms with Crippen LogP contribution < -0.4 is 14.8 Å². The fourth-order valence-electron chi connectivity index (χ4n) is 4.28. The number of aromatic amines is 1. The maximum Gasteiger partial charge on any atom is 0.251 e. The van der Waals surface area contributed by atoms with Gasteiger partial charge in [-0.1, -0.05) is 13.8 Å². The number of ether oxygens (including phenoxy) is 2. The number of hydrogen-bond donors (Lipinski definition) is 2. The van der Waals surface area contributed by atoms with Crippen molar-refractivity contribution in [2.24, 2.45) is 5.41 Å². The van der Waals surface area contributed by atoms with Crippen molar-refractivity contribution in [1.82, 2.24) is 10.3 Å². The fraction of sp³-hybridized carbons (Fsp3) is 0.423. The van der Waals surface area contributed by atoms with E-state index in [9.17, 15) is 4.79 Å². The van der Waals surface area contributed by atoms with E-state index < -0.39 is 0 Å². The van der Waals surface area contributed by atoms with Crippen molar-refractivity contribution >= 4 is 16.8 Å². The average molecular weight is 421 g/mol. The van der Waals surface area contributed by atoms with Crippen LogP contribution in [0.2, 0.25) is 0 Å². The molecule has 0 spiro atoms. The highest BCUT2D eigenvalue weighted by atomic mass is 16.5. The van der Waals surface area contributed by atoms with E-state index in [2.05, 4.69) is 24.1 Å². The third-order valence-electron chi connectivity index (χ3n) is 6.54. The Labute approximate surface area is 184 Å². The zero-order valence-corrected chi connectivity index (χ0v) is 18.9. The van der Waals surface area contributed by atoms with Crippen LogP contribution in [-0.2, 0) is 6.42 Å². The van der Waals surface area contributed by atoms with Crippen molar-refractivity contribution in [3.63, 3.8) is 0 Å². The van der Waals surface area contributed by atoms with Gasteiger partial charge in [-0.2, -0.15) is 0 Å². The van der Waals surface area contributed by atoms with Crippen LogP contribution in [0.3, 0.4) is 0 Å². The summed E-state index contributed by atoms with van der Waals surface area (Å²) >= 11 is 0. The molecule has 0 atom stereocenters. The highest BCUT2D eigenvalue weighted by molar-refractivity contribution is 6.00. The maximum atomic E-state index is 12.7. The van der Waals surface area contributed by atoms with Crippen molar-refractivity contribution in [1.29, 1.82) is 0 Å². The number of amides is 1. The molecule has 4 rings (SSSR count). The predicted octanol–water partition coefficient (Wildman–Crippen LogP) is 5.72. The summed E-state index contributed by atoms with van der Waals surface area (Å²) < 4.78 is 10.8. The van der Waals surface area contributed by atoms with Crippen LogP contribution in [0.25, 0.3) is 22.2 Å². The van der Waals surface area contributed by atoms with Gasteiger partial charge in [0.25, 0.3) is 5.91 Å². The van der Waals surface area contributed by atoms with Crippen LogP contribution >= 0.6 is 0 Å². The quantitative estimate of drug-likeness (QED) is 0.435. The van der Waals surface area contributed by atoms with Gasteiger partial charge in [0, 0.05) is 34.3 Å². The van der Waals surface area contributed by atoms with Crippen LogP contribution in [0, 0.1) is 5.41 Å². The van der Waals surface area contributed by atoms with Gasteiger partial charge < -0.3 is 19.8 Å². The highest BCUT2D eigenvalue weighted by Gasteiger charge is 2.36. The number of benzene rings is 2. The van der Waals surface area contributed by atoms with Crippen molar-refractivity contribution in [2.45, 2.75) is 46.0 Å². The summed E-state index contributed by atoms with van der Waals surface area (Å²) in [5, 5.41) is 4.18. The summed E-state index contributed by atoms with van der Waals surface area (Å²) in [6.45, 7) is 5.20. The molecule has 0 saturated heterocycles. The normalized spacial score (nSPS) is 14.5. The van der Waals surface area contributed by atoms with Gasteiger partial charge in [0.2, 0.25) is 0 Å². The predicted molar refractivity (Wildman–Crippen MR) is 125 cm³/mol. The Bertz CT molecular complexity index is 1100. The van der Waals surface area contributed by atoms with Gasteiger partial charge >= 0.3 is 0 Å². The average Bonchev–Trinajstić information content (AvgIpc) is 3.41. The first-order valence-electron chi connectivity index (χ1n) is 11.1. The first kappa shape index (κ1) is 21.3. The number of carbonyl (C=O) groups excluding carboxylic acids is 1. The minimum absolute atomic E-state index is 0.00114. The topological polar surface area (TPSA) is 63.4 Å². The van der Waals surface area contributed by atoms with Gasteiger partial charge in [0.15, 0.2) is 11.5 Å². The summed E-state index contributed by atoms with van der Waals surface area (Å²) in [5.41, 5.74) is 5.54. The summed E-state index contributed by atoms with van der Waals surface area (Å²) in [6.07, 6.45) is 5.74. The second kappa shape index (κ2) is 8.66. The third-order valence-corrected chi connectivity index (χ3v) is 6.54. The maximum absolute atomic E-state index is 12.7. The molecule has 5 nitrogen and oxygen atoms in total. The Morgan fingerprint density at radius 3 is 2.55 bits per heavy atom. The SMILES string of the molecule is CCc1c(-c2ccc(OC)c(OC)c2)[nH]c2ccc(C(=O)NCCCC3(C)CC3)cc12. The molecule has 2 aromatic carbocycles. The largest absolute Gasteiger partial charge is 0.493 e. The second-order valence-electron chi connectivity index (χ2n) is 8.83. The minimum atomic E-state index is -0.00114. The van der Waals surface area contributed by atoms with E-state index in [4.69, 9.17) is 9.47 Å². The number of aryl methyl sites for hydroxylation is 1. The molecule has 1 fully saturated rings. The van der Waals surface area contributed by atoms with Gasteiger partial charge in [-0.05, 0) is 79.5 Å². The smallest absolute Gasteiger partial charge is 0.251 e. The number of carbonyl (C=O) groups is 1. The standard InChI is InChI=1S/C26H32N2O3/c1-5-19-20-15-18(25(29)27-14-6-11-26(2)12-13-26)7-9-21(20)28-24(19)17-8-10-22(30-3)23(16-17)31-4/h7-10,15-16,28H,5-6,11-14H2,1-4H3,(H,27,29). The number of methoxy groups -OCH3 is 2. The summed E-state index contributed by atoms with van der Waals surface area (Å²) in [7, 11) is 3.28. The number of hydrogen-bond acceptors (Lipinski definition) is 3. The van der Waals surface area contributed by atoms with Crippen LogP contribution in [0.4, 0.5) is 0 Å². The number of fused-ring (bicyclic) bond motifs is 1. The van der Waals surface area contributed by atoms with E-state index in [-0.39, 0.29) is 5.91 Å². The summed E-state index contributed by atoms with van der Waals surface area (Å²) in [4.78, 5) is 16.2. The molecule has 1 heterocycles. The first-order valence-corrected chi connectivity index (χ1v) is 11.1. The van der Waals surface area contributed by atoms with Crippen LogP contribution in [-0.4, -0.2) is 31.7 Å². The lowest BCUT2D eigenvalue weighted by atomic mass is 10.0. The molecule has 0 aliphatic heterocycles. The summed E-state index contributed by atoms with van der Waals surface area (Å²) in [5.74, 6) is 1.40. The number of rotatable bonds is 9. The van der Waals surface area contributed by atoms with E-state index in [1.54, 1.807) is 14.2 Å². The molecule has 164 valence electrons. The summed E-state index contributed by atoms with van der Waals surface area (Å²) in [6, 6.07) is 11.8. The lowest BCUT2D eigenvalue weighted by Crippen LogP contribution is -2.24. The van der Waals surface area contributed by atoms with E-state index in [1.807, 2.05) is 36.4 Å². The molecule has 1 aliphatic carbocycles. The lowest BCUT2D eigenvalue weighted by molar-refractivity contribution is 0.0952. The molecule has 0 unspecified atom stereocenters. The molecule has 3 aromatic rings. The zero-order chi connectivity index (χ0) is 22.0. The molecule has 5 heteroatoms. The van der Waals surface area contributed by atoms with Crippen molar-refractivity contribution < 1.29 is 14.3 Å². The van der Waals surface area contributed by atoms with E-state index >= 15 is 0 Å². The van der Waals surface area contributed by atoms with Gasteiger partial charge in [-0.15, -0.1) is 0 Å². The number of nitrogens with one attached hydrogen (secondary N) is 2. The molecule has 31 heavy (non-hydrogen) atoms. The van der Waals surface area contributed by atoms with Crippen molar-refractivity contribution in [3.05, 3.63) is 47.5 Å². The molecule has 1 saturated carbocycles. The van der Waals surface area contributed by atoms with Gasteiger partial charge in [-0.25, -0.2) is 0 Å². The van der Waals surface area contributed by atoms with Gasteiger partial charge in [0.05, 0.1) is 14.2 Å². The molecular formula is C26H32N2O3.